The van der Waals surface area contributed by atoms with Gasteiger partial charge in [0.15, 0.2) is 0 Å². The molecule has 0 aliphatic heterocycles. The number of nitrogens with two attached hydrogens (primary N) is 1. The molecule has 0 aromatic heterocycles. The Labute approximate surface area is 190 Å². The zero-order valence-corrected chi connectivity index (χ0v) is 19.6. The Hall–Kier alpha value is -0.360. The second kappa shape index (κ2) is 22.8. The fraction of sp³-hybridized carbons (Fsp3) is 1.00. The van der Waals surface area contributed by atoms with E-state index in [1.807, 2.05) is 0 Å². The molecule has 8 N–H and O–H groups in total. The highest BCUT2D eigenvalue weighted by Gasteiger charge is 2.20. The van der Waals surface area contributed by atoms with Gasteiger partial charge < -0.3 is 46.9 Å². The zero-order valence-electron chi connectivity index (χ0n) is 19.6. The Morgan fingerprint density at radius 3 is 1.65 bits per heavy atom. The van der Waals surface area contributed by atoms with Crippen molar-refractivity contribution in [1.29, 1.82) is 0 Å². The molecule has 0 bridgehead atoms. The summed E-state index contributed by atoms with van der Waals surface area (Å²) in [5.41, 5.74) is 5.43. The van der Waals surface area contributed by atoms with Crippen molar-refractivity contribution in [2.24, 2.45) is 17.6 Å². The monoisotopic (exact) mass is 446 g/mol. The van der Waals surface area contributed by atoms with Crippen LogP contribution in [0.15, 0.2) is 0 Å². The van der Waals surface area contributed by atoms with Gasteiger partial charge in [0.2, 0.25) is 0 Å². The van der Waals surface area contributed by atoms with Crippen LogP contribution in [-0.2, 0) is 9.47 Å². The molecular weight excluding hydrogens is 396 g/mol. The van der Waals surface area contributed by atoms with Gasteiger partial charge in [0.25, 0.3) is 0 Å². The van der Waals surface area contributed by atoms with E-state index in [0.29, 0.717) is 32.3 Å². The molecule has 186 valence electrons. The molecule has 0 radical (unpaired) electrons. The fourth-order valence-electron chi connectivity index (χ4n) is 3.75. The molecule has 1 saturated carbocycles. The van der Waals surface area contributed by atoms with Crippen molar-refractivity contribution >= 4 is 0 Å². The number of rotatable bonds is 23. The van der Waals surface area contributed by atoms with Crippen molar-refractivity contribution in [3.63, 3.8) is 0 Å². The number of hydrogen-bond donors (Lipinski definition) is 7. The van der Waals surface area contributed by atoms with Crippen molar-refractivity contribution in [2.45, 2.75) is 25.7 Å². The van der Waals surface area contributed by atoms with Crippen LogP contribution in [-0.4, -0.2) is 110 Å². The topological polar surface area (TPSA) is 125 Å². The molecule has 0 spiro atoms. The molecular formula is C22H50N6O3. The summed E-state index contributed by atoms with van der Waals surface area (Å²) < 4.78 is 10.9. The Bertz CT molecular complexity index is 360. The Morgan fingerprint density at radius 2 is 1.10 bits per heavy atom. The summed E-state index contributed by atoms with van der Waals surface area (Å²) in [5, 5.41) is 25.9. The van der Waals surface area contributed by atoms with Crippen molar-refractivity contribution < 1.29 is 14.6 Å². The lowest BCUT2D eigenvalue weighted by molar-refractivity contribution is 0.0156. The molecule has 1 aliphatic rings. The van der Waals surface area contributed by atoms with E-state index >= 15 is 0 Å². The van der Waals surface area contributed by atoms with Crippen molar-refractivity contribution in [1.82, 2.24) is 26.6 Å². The Morgan fingerprint density at radius 1 is 0.613 bits per heavy atom. The van der Waals surface area contributed by atoms with E-state index in [4.69, 9.17) is 20.3 Å². The minimum Gasteiger partial charge on any atom is -0.394 e. The second-order valence-corrected chi connectivity index (χ2v) is 8.29. The molecule has 0 heterocycles. The number of ether oxygens (including phenoxy) is 2. The summed E-state index contributed by atoms with van der Waals surface area (Å²) in [5.74, 6) is 1.51. The van der Waals surface area contributed by atoms with Gasteiger partial charge in [-0.25, -0.2) is 0 Å². The van der Waals surface area contributed by atoms with E-state index < -0.39 is 0 Å². The normalized spacial score (nSPS) is 19.2. The van der Waals surface area contributed by atoms with Crippen LogP contribution < -0.4 is 32.3 Å². The van der Waals surface area contributed by atoms with Crippen LogP contribution in [0, 0.1) is 11.8 Å². The number of aliphatic hydroxyl groups is 1. The molecule has 0 aromatic carbocycles. The van der Waals surface area contributed by atoms with E-state index in [1.54, 1.807) is 0 Å². The van der Waals surface area contributed by atoms with Gasteiger partial charge in [0.1, 0.15) is 0 Å². The maximum Gasteiger partial charge on any atom is 0.0701 e. The van der Waals surface area contributed by atoms with Crippen LogP contribution in [0.5, 0.6) is 0 Å². The van der Waals surface area contributed by atoms with Gasteiger partial charge in [-0.2, -0.15) is 0 Å². The van der Waals surface area contributed by atoms with Crippen LogP contribution in [0.25, 0.3) is 0 Å². The summed E-state index contributed by atoms with van der Waals surface area (Å²) in [6.45, 7) is 13.3. The lowest BCUT2D eigenvalue weighted by Crippen LogP contribution is -2.37. The molecule has 31 heavy (non-hydrogen) atoms. The van der Waals surface area contributed by atoms with E-state index in [0.717, 1.165) is 78.0 Å². The first-order valence-electron chi connectivity index (χ1n) is 12.4. The predicted octanol–water partition coefficient (Wildman–Crippen LogP) is -1.27. The van der Waals surface area contributed by atoms with E-state index in [-0.39, 0.29) is 6.61 Å². The first-order chi connectivity index (χ1) is 15.4. The van der Waals surface area contributed by atoms with Gasteiger partial charge in [0, 0.05) is 72.1 Å². The van der Waals surface area contributed by atoms with Crippen LogP contribution >= 0.6 is 0 Å². The minimum atomic E-state index is 0.0818. The highest BCUT2D eigenvalue weighted by molar-refractivity contribution is 4.74. The van der Waals surface area contributed by atoms with Crippen molar-refractivity contribution in [2.75, 3.05) is 105 Å². The van der Waals surface area contributed by atoms with Gasteiger partial charge in [-0.1, -0.05) is 0 Å². The van der Waals surface area contributed by atoms with Crippen LogP contribution in [0.1, 0.15) is 25.7 Å². The first-order valence-corrected chi connectivity index (χ1v) is 12.4. The molecule has 9 heteroatoms. The smallest absolute Gasteiger partial charge is 0.0701 e. The van der Waals surface area contributed by atoms with Crippen LogP contribution in [0.4, 0.5) is 0 Å². The molecule has 9 nitrogen and oxygen atoms in total. The lowest BCUT2D eigenvalue weighted by Gasteiger charge is -2.28. The highest BCUT2D eigenvalue weighted by Crippen LogP contribution is 2.28. The number of nitrogens with one attached hydrogen (secondary N) is 5. The minimum absolute atomic E-state index is 0.0818. The second-order valence-electron chi connectivity index (χ2n) is 8.29. The van der Waals surface area contributed by atoms with Gasteiger partial charge >= 0.3 is 0 Å². The Balaban J connectivity index is 1.76. The van der Waals surface area contributed by atoms with Gasteiger partial charge in [0.05, 0.1) is 26.4 Å². The Kier molecular flexibility index (Phi) is 21.1. The van der Waals surface area contributed by atoms with E-state index in [2.05, 4.69) is 26.6 Å². The third-order valence-corrected chi connectivity index (χ3v) is 5.60. The zero-order chi connectivity index (χ0) is 22.2. The van der Waals surface area contributed by atoms with Crippen LogP contribution in [0.3, 0.4) is 0 Å². The first kappa shape index (κ1) is 28.7. The third kappa shape index (κ3) is 18.9. The summed E-state index contributed by atoms with van der Waals surface area (Å²) in [6.07, 6.45) is 5.15. The standard InChI is InChI=1S/C22H50N6O3/c23-5-6-24-7-8-25-9-10-26-11-12-27-13-14-28-19-21-1-3-22(4-2-21)20-31-18-17-30-16-15-29/h21-22,24-29H,1-20,23H2. The summed E-state index contributed by atoms with van der Waals surface area (Å²) in [7, 11) is 0. The largest absolute Gasteiger partial charge is 0.394 e. The fourth-order valence-corrected chi connectivity index (χ4v) is 3.75. The maximum absolute atomic E-state index is 8.65. The van der Waals surface area contributed by atoms with Gasteiger partial charge in [-0.3, -0.25) is 0 Å². The molecule has 0 amide bonds. The molecule has 0 unspecified atom stereocenters. The number of hydrogen-bond acceptors (Lipinski definition) is 9. The van der Waals surface area contributed by atoms with Crippen molar-refractivity contribution in [3.05, 3.63) is 0 Å². The molecule has 1 fully saturated rings. The van der Waals surface area contributed by atoms with E-state index in [9.17, 15) is 0 Å². The molecule has 0 atom stereocenters. The predicted molar refractivity (Wildman–Crippen MR) is 128 cm³/mol. The highest BCUT2D eigenvalue weighted by atomic mass is 16.5. The van der Waals surface area contributed by atoms with Gasteiger partial charge in [-0.15, -0.1) is 0 Å². The quantitative estimate of drug-likeness (QED) is 0.0962. The van der Waals surface area contributed by atoms with Crippen molar-refractivity contribution in [3.8, 4) is 0 Å². The summed E-state index contributed by atoms with van der Waals surface area (Å²) in [4.78, 5) is 0. The molecule has 1 rings (SSSR count). The molecule has 0 saturated heterocycles. The summed E-state index contributed by atoms with van der Waals surface area (Å²) in [6, 6.07) is 0. The summed E-state index contributed by atoms with van der Waals surface area (Å²) >= 11 is 0. The maximum atomic E-state index is 8.65. The number of aliphatic hydroxyl groups excluding tert-OH is 1. The van der Waals surface area contributed by atoms with E-state index in [1.165, 1.54) is 25.7 Å². The lowest BCUT2D eigenvalue weighted by atomic mass is 9.82. The van der Waals surface area contributed by atoms with Crippen LogP contribution in [0.2, 0.25) is 0 Å². The molecule has 0 aromatic rings. The van der Waals surface area contributed by atoms with Gasteiger partial charge in [-0.05, 0) is 44.1 Å². The average Bonchev–Trinajstić information content (AvgIpc) is 2.79. The SMILES string of the molecule is NCCNCCNCCNCCNCCNCC1CCC(COCCOCCO)CC1. The molecule has 1 aliphatic carbocycles. The third-order valence-electron chi connectivity index (χ3n) is 5.60. The average molecular weight is 447 g/mol.